The molecule has 0 aliphatic heterocycles. The Kier molecular flexibility index (Phi) is 5.23. The Hall–Kier alpha value is -1.30. The van der Waals surface area contributed by atoms with Crippen LogP contribution in [0.4, 0.5) is 0 Å². The Morgan fingerprint density at radius 1 is 1.30 bits per heavy atom. The number of aliphatic hydroxyl groups is 1. The molecule has 0 radical (unpaired) electrons. The highest BCUT2D eigenvalue weighted by molar-refractivity contribution is 9.10. The zero-order valence-electron chi connectivity index (χ0n) is 11.3. The molecule has 0 bridgehead atoms. The van der Waals surface area contributed by atoms with Gasteiger partial charge in [-0.3, -0.25) is 0 Å². The van der Waals surface area contributed by atoms with Crippen LogP contribution in [0, 0.1) is 0 Å². The Balaban J connectivity index is 2.21. The van der Waals surface area contributed by atoms with Crippen molar-refractivity contribution in [3.05, 3.63) is 52.4 Å². The number of rotatable bonds is 6. The van der Waals surface area contributed by atoms with E-state index < -0.39 is 6.10 Å². The van der Waals surface area contributed by atoms with Crippen LogP contribution in [-0.4, -0.2) is 18.3 Å². The third-order valence-corrected chi connectivity index (χ3v) is 3.86. The van der Waals surface area contributed by atoms with E-state index >= 15 is 0 Å². The number of ether oxygens (including phenoxy) is 1. The van der Waals surface area contributed by atoms with Gasteiger partial charge >= 0.3 is 0 Å². The zero-order valence-corrected chi connectivity index (χ0v) is 12.8. The second-order valence-corrected chi connectivity index (χ2v) is 5.16. The van der Waals surface area contributed by atoms with Gasteiger partial charge in [0.15, 0.2) is 4.67 Å². The number of benzene rings is 1. The molecule has 4 nitrogen and oxygen atoms in total. The number of furan rings is 1. The van der Waals surface area contributed by atoms with Gasteiger partial charge in [0.05, 0.1) is 19.0 Å². The molecule has 0 saturated carbocycles. The maximum atomic E-state index is 10.5. The van der Waals surface area contributed by atoms with Crippen LogP contribution in [0.5, 0.6) is 5.75 Å². The van der Waals surface area contributed by atoms with Crippen LogP contribution in [0.1, 0.15) is 30.1 Å². The molecular formula is C15H18BrNO3. The highest BCUT2D eigenvalue weighted by atomic mass is 79.9. The summed E-state index contributed by atoms with van der Waals surface area (Å²) in [6.45, 7) is 2.91. The second kappa shape index (κ2) is 6.92. The third-order valence-electron chi connectivity index (χ3n) is 3.22. The molecule has 1 heterocycles. The van der Waals surface area contributed by atoms with Crippen LogP contribution in [0.2, 0.25) is 0 Å². The van der Waals surface area contributed by atoms with Crippen LogP contribution < -0.4 is 10.5 Å². The Labute approximate surface area is 126 Å². The van der Waals surface area contributed by atoms with Gasteiger partial charge in [-0.05, 0) is 46.6 Å². The van der Waals surface area contributed by atoms with Crippen LogP contribution in [0.3, 0.4) is 0 Å². The van der Waals surface area contributed by atoms with Crippen molar-refractivity contribution in [2.75, 3.05) is 13.2 Å². The number of nitrogens with two attached hydrogens (primary N) is 1. The van der Waals surface area contributed by atoms with Gasteiger partial charge in [0, 0.05) is 18.0 Å². The van der Waals surface area contributed by atoms with Gasteiger partial charge in [-0.1, -0.05) is 12.1 Å². The average Bonchev–Trinajstić information content (AvgIpc) is 2.88. The maximum Gasteiger partial charge on any atom is 0.174 e. The molecule has 0 fully saturated rings. The minimum absolute atomic E-state index is 0.195. The normalized spacial score (nSPS) is 14.0. The van der Waals surface area contributed by atoms with Crippen molar-refractivity contribution in [2.45, 2.75) is 18.9 Å². The quantitative estimate of drug-likeness (QED) is 0.847. The van der Waals surface area contributed by atoms with Crippen molar-refractivity contribution in [1.29, 1.82) is 0 Å². The Morgan fingerprint density at radius 2 is 2.00 bits per heavy atom. The summed E-state index contributed by atoms with van der Waals surface area (Å²) >= 11 is 3.28. The van der Waals surface area contributed by atoms with Gasteiger partial charge in [0.25, 0.3) is 0 Å². The third kappa shape index (κ3) is 3.23. The van der Waals surface area contributed by atoms with Crippen molar-refractivity contribution >= 4 is 15.9 Å². The van der Waals surface area contributed by atoms with Crippen molar-refractivity contribution in [1.82, 2.24) is 0 Å². The van der Waals surface area contributed by atoms with E-state index in [2.05, 4.69) is 15.9 Å². The van der Waals surface area contributed by atoms with E-state index in [0.29, 0.717) is 23.4 Å². The predicted molar refractivity (Wildman–Crippen MR) is 80.8 cm³/mol. The first-order valence-electron chi connectivity index (χ1n) is 6.51. The summed E-state index contributed by atoms with van der Waals surface area (Å²) in [6.07, 6.45) is 0.820. The van der Waals surface area contributed by atoms with E-state index in [4.69, 9.17) is 14.9 Å². The van der Waals surface area contributed by atoms with Crippen LogP contribution >= 0.6 is 15.9 Å². The molecule has 1 aromatic carbocycles. The summed E-state index contributed by atoms with van der Waals surface area (Å²) < 4.78 is 11.1. The molecular weight excluding hydrogens is 322 g/mol. The molecule has 2 aromatic rings. The summed E-state index contributed by atoms with van der Waals surface area (Å²) in [5, 5.41) is 10.5. The lowest BCUT2D eigenvalue weighted by Gasteiger charge is -2.21. The molecule has 0 amide bonds. The summed E-state index contributed by atoms with van der Waals surface area (Å²) in [5.74, 6) is 0.616. The highest BCUT2D eigenvalue weighted by Crippen LogP contribution is 2.35. The predicted octanol–water partition coefficient (Wildman–Crippen LogP) is 3.22. The monoisotopic (exact) mass is 339 g/mol. The first-order chi connectivity index (χ1) is 9.67. The van der Waals surface area contributed by atoms with Gasteiger partial charge in [0.1, 0.15) is 5.75 Å². The van der Waals surface area contributed by atoms with Gasteiger partial charge < -0.3 is 20.0 Å². The van der Waals surface area contributed by atoms with Crippen molar-refractivity contribution in [3.63, 3.8) is 0 Å². The fraction of sp³-hybridized carbons (Fsp3) is 0.333. The van der Waals surface area contributed by atoms with Crippen molar-refractivity contribution < 1.29 is 14.3 Å². The van der Waals surface area contributed by atoms with E-state index in [1.165, 1.54) is 6.26 Å². The molecule has 2 unspecified atom stereocenters. The molecule has 5 heteroatoms. The minimum Gasteiger partial charge on any atom is -0.494 e. The molecule has 20 heavy (non-hydrogen) atoms. The first kappa shape index (κ1) is 15.1. The first-order valence-corrected chi connectivity index (χ1v) is 7.30. The molecule has 0 aliphatic rings. The van der Waals surface area contributed by atoms with E-state index in [9.17, 15) is 5.11 Å². The molecule has 1 aromatic heterocycles. The van der Waals surface area contributed by atoms with E-state index in [-0.39, 0.29) is 5.92 Å². The van der Waals surface area contributed by atoms with Gasteiger partial charge in [-0.25, -0.2) is 0 Å². The lowest BCUT2D eigenvalue weighted by molar-refractivity contribution is 0.145. The summed E-state index contributed by atoms with van der Waals surface area (Å²) in [7, 11) is 0. The van der Waals surface area contributed by atoms with Crippen molar-refractivity contribution in [3.8, 4) is 5.75 Å². The van der Waals surface area contributed by atoms with E-state index in [1.807, 2.05) is 31.2 Å². The summed E-state index contributed by atoms with van der Waals surface area (Å²) in [5.41, 5.74) is 7.49. The molecule has 0 saturated heterocycles. The molecule has 2 rings (SSSR count). The lowest BCUT2D eigenvalue weighted by Crippen LogP contribution is -2.20. The van der Waals surface area contributed by atoms with Gasteiger partial charge in [-0.15, -0.1) is 0 Å². The average molecular weight is 340 g/mol. The second-order valence-electron chi connectivity index (χ2n) is 4.44. The molecule has 108 valence electrons. The zero-order chi connectivity index (χ0) is 14.5. The molecule has 0 aliphatic carbocycles. The largest absolute Gasteiger partial charge is 0.494 e. The number of hydrogen-bond donors (Lipinski definition) is 2. The smallest absolute Gasteiger partial charge is 0.174 e. The van der Waals surface area contributed by atoms with Crippen LogP contribution in [-0.2, 0) is 0 Å². The van der Waals surface area contributed by atoms with Gasteiger partial charge in [-0.2, -0.15) is 0 Å². The van der Waals surface area contributed by atoms with Crippen LogP contribution in [0.15, 0.2) is 45.7 Å². The summed E-state index contributed by atoms with van der Waals surface area (Å²) in [4.78, 5) is 0. The SMILES string of the molecule is CCOc1ccc(C(CN)C(O)c2ccoc2Br)cc1. The van der Waals surface area contributed by atoms with E-state index in [0.717, 1.165) is 11.3 Å². The van der Waals surface area contributed by atoms with E-state index in [1.54, 1.807) is 6.07 Å². The lowest BCUT2D eigenvalue weighted by atomic mass is 9.90. The minimum atomic E-state index is -0.717. The fourth-order valence-corrected chi connectivity index (χ4v) is 2.63. The Bertz CT molecular complexity index is 538. The topological polar surface area (TPSA) is 68.6 Å². The number of halogens is 1. The summed E-state index contributed by atoms with van der Waals surface area (Å²) in [6, 6.07) is 9.38. The molecule has 2 atom stereocenters. The van der Waals surface area contributed by atoms with Crippen LogP contribution in [0.25, 0.3) is 0 Å². The number of aliphatic hydroxyl groups excluding tert-OH is 1. The molecule has 0 spiro atoms. The fourth-order valence-electron chi connectivity index (χ4n) is 2.16. The number of hydrogen-bond acceptors (Lipinski definition) is 4. The molecule has 3 N–H and O–H groups in total. The highest BCUT2D eigenvalue weighted by Gasteiger charge is 2.24. The van der Waals surface area contributed by atoms with Crippen molar-refractivity contribution in [2.24, 2.45) is 5.73 Å². The standard InChI is InChI=1S/C15H18BrNO3/c1-2-19-11-5-3-10(4-6-11)13(9-17)14(18)12-7-8-20-15(12)16/h3-8,13-14,18H,2,9,17H2,1H3. The Morgan fingerprint density at radius 3 is 2.50 bits per heavy atom. The maximum absolute atomic E-state index is 10.5. The van der Waals surface area contributed by atoms with Gasteiger partial charge in [0.2, 0.25) is 0 Å².